The molecule has 0 saturated heterocycles. The molecule has 4 heteroatoms. The van der Waals surface area contributed by atoms with Crippen molar-refractivity contribution in [1.29, 1.82) is 0 Å². The first-order valence-corrected chi connectivity index (χ1v) is 5.03. The zero-order chi connectivity index (χ0) is 11.0. The first-order chi connectivity index (χ1) is 7.08. The van der Waals surface area contributed by atoms with E-state index in [4.69, 9.17) is 17.3 Å². The zero-order valence-corrected chi connectivity index (χ0v) is 9.42. The second-order valence-corrected chi connectivity index (χ2v) is 3.91. The van der Waals surface area contributed by atoms with Crippen molar-refractivity contribution in [2.75, 3.05) is 5.73 Å². The van der Waals surface area contributed by atoms with Gasteiger partial charge >= 0.3 is 0 Å². The van der Waals surface area contributed by atoms with Gasteiger partial charge in [-0.15, -0.1) is 0 Å². The van der Waals surface area contributed by atoms with Gasteiger partial charge in [0.2, 0.25) is 0 Å². The van der Waals surface area contributed by atoms with Crippen molar-refractivity contribution in [3.63, 3.8) is 0 Å². The van der Waals surface area contributed by atoms with Crippen molar-refractivity contribution >= 4 is 17.3 Å². The van der Waals surface area contributed by atoms with Crippen LogP contribution >= 0.6 is 11.6 Å². The zero-order valence-electron chi connectivity index (χ0n) is 8.66. The van der Waals surface area contributed by atoms with Crippen molar-refractivity contribution in [3.05, 3.63) is 40.9 Å². The molecule has 0 saturated carbocycles. The minimum Gasteiger partial charge on any atom is -0.398 e. The lowest BCUT2D eigenvalue weighted by Crippen LogP contribution is -1.96. The molecule has 0 aliphatic carbocycles. The number of nitrogen functional groups attached to an aromatic ring is 1. The predicted molar refractivity (Wildman–Crippen MR) is 62.5 cm³/mol. The fourth-order valence-corrected chi connectivity index (χ4v) is 1.72. The Labute approximate surface area is 93.5 Å². The largest absolute Gasteiger partial charge is 0.398 e. The Hall–Kier alpha value is -1.48. The van der Waals surface area contributed by atoms with E-state index in [0.29, 0.717) is 10.7 Å². The van der Waals surface area contributed by atoms with E-state index in [0.717, 1.165) is 17.2 Å². The van der Waals surface area contributed by atoms with Crippen molar-refractivity contribution in [3.8, 4) is 5.69 Å². The Morgan fingerprint density at radius 2 is 2.07 bits per heavy atom. The quantitative estimate of drug-likeness (QED) is 0.753. The third kappa shape index (κ3) is 1.83. The maximum absolute atomic E-state index is 5.96. The second-order valence-electron chi connectivity index (χ2n) is 3.51. The molecule has 1 aromatic heterocycles. The van der Waals surface area contributed by atoms with E-state index >= 15 is 0 Å². The smallest absolute Gasteiger partial charge is 0.110 e. The Balaban J connectivity index is 2.54. The van der Waals surface area contributed by atoms with Crippen LogP contribution in [0.5, 0.6) is 0 Å². The van der Waals surface area contributed by atoms with Crippen LogP contribution in [0.15, 0.2) is 24.4 Å². The highest BCUT2D eigenvalue weighted by atomic mass is 35.5. The number of nitrogens with zero attached hydrogens (tertiary/aromatic N) is 2. The Bertz CT molecular complexity index is 503. The van der Waals surface area contributed by atoms with Crippen LogP contribution in [0, 0.1) is 13.8 Å². The molecule has 0 aliphatic rings. The van der Waals surface area contributed by atoms with E-state index in [1.165, 1.54) is 0 Å². The van der Waals surface area contributed by atoms with Gasteiger partial charge in [-0.05, 0) is 32.0 Å². The van der Waals surface area contributed by atoms with Gasteiger partial charge in [0, 0.05) is 11.9 Å². The van der Waals surface area contributed by atoms with Gasteiger partial charge in [0.05, 0.1) is 16.4 Å². The van der Waals surface area contributed by atoms with Gasteiger partial charge in [0.25, 0.3) is 0 Å². The lowest BCUT2D eigenvalue weighted by Gasteiger charge is -2.06. The van der Waals surface area contributed by atoms with Gasteiger partial charge in [-0.3, -0.25) is 0 Å². The molecule has 0 atom stereocenters. The van der Waals surface area contributed by atoms with Crippen LogP contribution in [0.4, 0.5) is 5.69 Å². The number of anilines is 1. The van der Waals surface area contributed by atoms with Crippen LogP contribution in [0.25, 0.3) is 5.69 Å². The molecule has 0 unspecified atom stereocenters. The molecule has 2 aromatic rings. The lowest BCUT2D eigenvalue weighted by atomic mass is 10.3. The average Bonchev–Trinajstić information content (AvgIpc) is 2.50. The molecular weight excluding hydrogens is 210 g/mol. The third-order valence-corrected chi connectivity index (χ3v) is 2.59. The van der Waals surface area contributed by atoms with Crippen molar-refractivity contribution in [1.82, 2.24) is 9.55 Å². The summed E-state index contributed by atoms with van der Waals surface area (Å²) in [6.45, 7) is 3.92. The number of aromatic nitrogens is 2. The first-order valence-electron chi connectivity index (χ1n) is 4.66. The van der Waals surface area contributed by atoms with Crippen LogP contribution in [0.1, 0.15) is 11.5 Å². The van der Waals surface area contributed by atoms with Crippen molar-refractivity contribution < 1.29 is 0 Å². The molecule has 78 valence electrons. The van der Waals surface area contributed by atoms with Crippen LogP contribution in [-0.2, 0) is 0 Å². The summed E-state index contributed by atoms with van der Waals surface area (Å²) in [4.78, 5) is 4.33. The summed E-state index contributed by atoms with van der Waals surface area (Å²) in [5, 5.41) is 0.568. The standard InChI is InChI=1S/C11H12ClN3/c1-7-6-15(8(2)14-7)9-3-4-11(13)10(12)5-9/h3-6H,13H2,1-2H3. The molecule has 0 aliphatic heterocycles. The minimum atomic E-state index is 0.568. The van der Waals surface area contributed by atoms with Crippen molar-refractivity contribution in [2.24, 2.45) is 0 Å². The number of imidazole rings is 1. The van der Waals surface area contributed by atoms with Gasteiger partial charge in [-0.1, -0.05) is 11.6 Å². The van der Waals surface area contributed by atoms with Gasteiger partial charge < -0.3 is 10.3 Å². The van der Waals surface area contributed by atoms with Gasteiger partial charge in [0.1, 0.15) is 5.82 Å². The van der Waals surface area contributed by atoms with Gasteiger partial charge in [-0.2, -0.15) is 0 Å². The number of nitrogens with two attached hydrogens (primary N) is 1. The summed E-state index contributed by atoms with van der Waals surface area (Å²) in [7, 11) is 0. The lowest BCUT2D eigenvalue weighted by molar-refractivity contribution is 0.974. The van der Waals surface area contributed by atoms with E-state index in [1.54, 1.807) is 6.07 Å². The molecule has 0 amide bonds. The summed E-state index contributed by atoms with van der Waals surface area (Å²) in [6, 6.07) is 5.56. The Morgan fingerprint density at radius 1 is 1.33 bits per heavy atom. The number of halogens is 1. The summed E-state index contributed by atoms with van der Waals surface area (Å²) < 4.78 is 1.99. The maximum atomic E-state index is 5.96. The molecular formula is C11H12ClN3. The van der Waals surface area contributed by atoms with E-state index in [2.05, 4.69) is 4.98 Å². The molecule has 0 fully saturated rings. The van der Waals surface area contributed by atoms with E-state index in [9.17, 15) is 0 Å². The van der Waals surface area contributed by atoms with Crippen LogP contribution < -0.4 is 5.73 Å². The topological polar surface area (TPSA) is 43.8 Å². The monoisotopic (exact) mass is 221 g/mol. The number of aryl methyl sites for hydroxylation is 2. The highest BCUT2D eigenvalue weighted by molar-refractivity contribution is 6.33. The number of benzene rings is 1. The second kappa shape index (κ2) is 3.59. The predicted octanol–water partition coefficient (Wildman–Crippen LogP) is 2.72. The SMILES string of the molecule is Cc1cn(-c2ccc(N)c(Cl)c2)c(C)n1. The summed E-state index contributed by atoms with van der Waals surface area (Å²) >= 11 is 5.96. The molecule has 2 N–H and O–H groups in total. The van der Waals surface area contributed by atoms with Crippen LogP contribution in [0.3, 0.4) is 0 Å². The molecule has 2 rings (SSSR count). The number of rotatable bonds is 1. The summed E-state index contributed by atoms with van der Waals surface area (Å²) in [6.07, 6.45) is 1.97. The fraction of sp³-hybridized carbons (Fsp3) is 0.182. The fourth-order valence-electron chi connectivity index (χ4n) is 1.55. The number of hydrogen-bond donors (Lipinski definition) is 1. The highest BCUT2D eigenvalue weighted by Crippen LogP contribution is 2.22. The van der Waals surface area contributed by atoms with E-state index in [1.807, 2.05) is 36.7 Å². The molecule has 1 heterocycles. The molecule has 0 bridgehead atoms. The average molecular weight is 222 g/mol. The number of hydrogen-bond acceptors (Lipinski definition) is 2. The Kier molecular flexibility index (Phi) is 2.40. The minimum absolute atomic E-state index is 0.568. The van der Waals surface area contributed by atoms with Crippen LogP contribution in [-0.4, -0.2) is 9.55 Å². The molecule has 1 aromatic carbocycles. The molecule has 0 spiro atoms. The third-order valence-electron chi connectivity index (χ3n) is 2.26. The van der Waals surface area contributed by atoms with E-state index in [-0.39, 0.29) is 0 Å². The molecule has 15 heavy (non-hydrogen) atoms. The van der Waals surface area contributed by atoms with Crippen LogP contribution in [0.2, 0.25) is 5.02 Å². The molecule has 0 radical (unpaired) electrons. The van der Waals surface area contributed by atoms with Gasteiger partial charge in [-0.25, -0.2) is 4.98 Å². The normalized spacial score (nSPS) is 10.6. The molecule has 3 nitrogen and oxygen atoms in total. The van der Waals surface area contributed by atoms with E-state index < -0.39 is 0 Å². The summed E-state index contributed by atoms with van der Waals surface area (Å²) in [5.41, 5.74) is 8.21. The maximum Gasteiger partial charge on any atom is 0.110 e. The Morgan fingerprint density at radius 3 is 2.60 bits per heavy atom. The first kappa shape index (κ1) is 10.1. The van der Waals surface area contributed by atoms with Gasteiger partial charge in [0.15, 0.2) is 0 Å². The summed E-state index contributed by atoms with van der Waals surface area (Å²) in [5.74, 6) is 0.938. The van der Waals surface area contributed by atoms with Crippen molar-refractivity contribution in [2.45, 2.75) is 13.8 Å². The highest BCUT2D eigenvalue weighted by Gasteiger charge is 2.04.